The molecule has 0 bridgehead atoms. The summed E-state index contributed by atoms with van der Waals surface area (Å²) >= 11 is 1.77. The Hall–Kier alpha value is -8.96. The SMILES string of the molecule is [2H]c1c([2H])c([2H])c2c(c1[2H])c1c([2H])c([2H])c([2H])c([2H])c1n2-c1ccc2c(c1)N(c1c(-c3ccccc3)cc3sc4ccccc4c3c1-c1ccccc1)c1cc(-c3cc(C(C)(C)C)cc(C(C)(C)C)c3)cc3c1C2c1cc(-c2cc(C(C)(C)C)cc(C(C)(C)C)c2)ccc1O3. The molecule has 15 rings (SSSR count). The minimum atomic E-state index is -0.494. The molecule has 0 spiro atoms. The van der Waals surface area contributed by atoms with E-state index in [1.165, 1.54) is 22.3 Å². The van der Waals surface area contributed by atoms with Crippen LogP contribution in [0.4, 0.5) is 17.1 Å². The van der Waals surface area contributed by atoms with Crippen molar-refractivity contribution in [1.82, 2.24) is 4.57 Å². The maximum absolute atomic E-state index is 9.75. The Morgan fingerprint density at radius 2 is 0.954 bits per heavy atom. The molecule has 0 fully saturated rings. The van der Waals surface area contributed by atoms with Crippen LogP contribution in [0.1, 0.15) is 139 Å². The van der Waals surface area contributed by atoms with E-state index in [0.717, 1.165) is 104 Å². The van der Waals surface area contributed by atoms with Gasteiger partial charge in [-0.05, 0) is 143 Å². The fraction of sp³-hybridized carbons (Fsp3) is 0.205. The van der Waals surface area contributed by atoms with Gasteiger partial charge in [-0.1, -0.05) is 247 Å². The minimum Gasteiger partial charge on any atom is -0.457 e. The number of ether oxygens (including phenoxy) is 1. The van der Waals surface area contributed by atoms with Crippen molar-refractivity contribution in [3.63, 3.8) is 0 Å². The van der Waals surface area contributed by atoms with E-state index in [0.29, 0.717) is 11.4 Å². The third-order valence-electron chi connectivity index (χ3n) is 18.1. The van der Waals surface area contributed by atoms with Crippen LogP contribution < -0.4 is 9.64 Å². The van der Waals surface area contributed by atoms with Crippen molar-refractivity contribution >= 4 is 70.4 Å². The third kappa shape index (κ3) is 9.12. The number of para-hydroxylation sites is 2. The van der Waals surface area contributed by atoms with Gasteiger partial charge in [0.15, 0.2) is 0 Å². The second-order valence-electron chi connectivity index (χ2n) is 28.0. The molecule has 0 aliphatic carbocycles. The Labute approximate surface area is 528 Å². The maximum atomic E-state index is 9.75. The van der Waals surface area contributed by atoms with E-state index >= 15 is 0 Å². The molecule has 2 aromatic heterocycles. The molecule has 0 saturated carbocycles. The van der Waals surface area contributed by atoms with Crippen LogP contribution >= 0.6 is 11.3 Å². The van der Waals surface area contributed by atoms with Crippen LogP contribution in [0.2, 0.25) is 0 Å². The van der Waals surface area contributed by atoms with Crippen LogP contribution in [0, 0.1) is 0 Å². The first kappa shape index (κ1) is 46.3. The molecule has 0 N–H and O–H groups in total. The predicted octanol–water partition coefficient (Wildman–Crippen LogP) is 24.1. The average molecular weight is 1160 g/mol. The number of aromatic nitrogens is 1. The van der Waals surface area contributed by atoms with Crippen molar-refractivity contribution < 1.29 is 15.7 Å². The summed E-state index contributed by atoms with van der Waals surface area (Å²) in [4.78, 5) is 2.42. The number of benzene rings is 11. The van der Waals surface area contributed by atoms with E-state index < -0.39 is 30.1 Å². The summed E-state index contributed by atoms with van der Waals surface area (Å²) in [6.45, 7) is 27.2. The van der Waals surface area contributed by atoms with Crippen LogP contribution in [0.25, 0.3) is 92.2 Å². The zero-order chi connectivity index (χ0) is 67.0. The maximum Gasteiger partial charge on any atom is 0.134 e. The van der Waals surface area contributed by atoms with Crippen LogP contribution in [0.15, 0.2) is 224 Å². The van der Waals surface area contributed by atoms with Gasteiger partial charge in [0.2, 0.25) is 0 Å². The Balaban J connectivity index is 1.15. The van der Waals surface area contributed by atoms with Gasteiger partial charge in [0.1, 0.15) is 11.5 Å². The van der Waals surface area contributed by atoms with Crippen LogP contribution in [0.5, 0.6) is 11.5 Å². The zero-order valence-electron chi connectivity index (χ0n) is 59.5. The van der Waals surface area contributed by atoms with Crippen molar-refractivity contribution in [1.29, 1.82) is 0 Å². The molecule has 2 aliphatic rings. The predicted molar refractivity (Wildman–Crippen MR) is 372 cm³/mol. The number of thiophene rings is 1. The molecular formula is C83H74N2OS. The Bertz CT molecular complexity index is 5280. The second-order valence-corrected chi connectivity index (χ2v) is 29.1. The van der Waals surface area contributed by atoms with E-state index in [2.05, 4.69) is 252 Å². The van der Waals surface area contributed by atoms with Gasteiger partial charge in [0, 0.05) is 64.8 Å². The van der Waals surface area contributed by atoms with E-state index in [4.69, 9.17) is 7.48 Å². The van der Waals surface area contributed by atoms with Crippen molar-refractivity contribution in [2.24, 2.45) is 0 Å². The first-order valence-electron chi connectivity index (χ1n) is 34.3. The van der Waals surface area contributed by atoms with Crippen molar-refractivity contribution in [3.05, 3.63) is 263 Å². The molecule has 4 heteroatoms. The molecule has 2 aliphatic heterocycles. The first-order valence-corrected chi connectivity index (χ1v) is 31.2. The van der Waals surface area contributed by atoms with Gasteiger partial charge in [0.05, 0.1) is 39.1 Å². The van der Waals surface area contributed by atoms with Gasteiger partial charge in [-0.25, -0.2) is 0 Å². The highest BCUT2D eigenvalue weighted by atomic mass is 32.1. The molecule has 3 nitrogen and oxygen atoms in total. The fourth-order valence-corrected chi connectivity index (χ4v) is 14.4. The molecular weight excluding hydrogens is 1070 g/mol. The molecule has 11 aromatic carbocycles. The minimum absolute atomic E-state index is 0.0165. The normalized spacial score (nSPS) is 15.4. The number of nitrogens with zero attached hydrogens (tertiary/aromatic N) is 2. The summed E-state index contributed by atoms with van der Waals surface area (Å²) in [6, 6.07) is 60.2. The molecule has 0 radical (unpaired) electrons. The molecule has 0 saturated heterocycles. The van der Waals surface area contributed by atoms with Crippen LogP contribution in [-0.2, 0) is 21.7 Å². The zero-order valence-corrected chi connectivity index (χ0v) is 52.3. The number of hydrogen-bond donors (Lipinski definition) is 0. The topological polar surface area (TPSA) is 17.4 Å². The smallest absolute Gasteiger partial charge is 0.134 e. The fourth-order valence-electron chi connectivity index (χ4n) is 13.3. The Morgan fingerprint density at radius 1 is 0.414 bits per heavy atom. The summed E-state index contributed by atoms with van der Waals surface area (Å²) in [5, 5.41) is 2.24. The van der Waals surface area contributed by atoms with Gasteiger partial charge < -0.3 is 14.2 Å². The third-order valence-corrected chi connectivity index (χ3v) is 19.2. The summed E-state index contributed by atoms with van der Waals surface area (Å²) < 4.78 is 86.3. The Kier molecular flexibility index (Phi) is 10.5. The largest absolute Gasteiger partial charge is 0.457 e. The average Bonchev–Trinajstić information content (AvgIpc) is 1.67. The lowest BCUT2D eigenvalue weighted by molar-refractivity contribution is 0.453. The van der Waals surface area contributed by atoms with E-state index in [-0.39, 0.29) is 67.6 Å². The summed E-state index contributed by atoms with van der Waals surface area (Å²) in [6.07, 6.45) is 0. The number of fused-ring (bicyclic) bond motifs is 10. The van der Waals surface area contributed by atoms with Crippen LogP contribution in [0.3, 0.4) is 0 Å². The van der Waals surface area contributed by atoms with Crippen molar-refractivity contribution in [3.8, 4) is 61.7 Å². The molecule has 1 atom stereocenters. The van der Waals surface area contributed by atoms with Gasteiger partial charge in [0.25, 0.3) is 0 Å². The van der Waals surface area contributed by atoms with E-state index in [1.54, 1.807) is 15.9 Å². The van der Waals surface area contributed by atoms with Gasteiger partial charge in [-0.2, -0.15) is 0 Å². The van der Waals surface area contributed by atoms with E-state index in [1.807, 2.05) is 12.1 Å². The summed E-state index contributed by atoms with van der Waals surface area (Å²) in [5.41, 5.74) is 18.2. The van der Waals surface area contributed by atoms with E-state index in [9.17, 15) is 8.22 Å². The number of rotatable bonds is 6. The van der Waals surface area contributed by atoms with Crippen LogP contribution in [-0.4, -0.2) is 4.57 Å². The summed E-state index contributed by atoms with van der Waals surface area (Å²) in [7, 11) is 0. The van der Waals surface area contributed by atoms with Crippen molar-refractivity contribution in [2.45, 2.75) is 111 Å². The lowest BCUT2D eigenvalue weighted by atomic mass is 9.75. The van der Waals surface area contributed by atoms with Gasteiger partial charge in [-0.15, -0.1) is 11.3 Å². The van der Waals surface area contributed by atoms with Gasteiger partial charge in [-0.3, -0.25) is 0 Å². The number of anilines is 3. The molecule has 13 aromatic rings. The molecule has 87 heavy (non-hydrogen) atoms. The molecule has 1 unspecified atom stereocenters. The monoisotopic (exact) mass is 1150 g/mol. The quantitative estimate of drug-likeness (QED) is 0.165. The van der Waals surface area contributed by atoms with Gasteiger partial charge >= 0.3 is 0 Å². The van der Waals surface area contributed by atoms with Crippen molar-refractivity contribution in [2.75, 3.05) is 4.90 Å². The molecule has 428 valence electrons. The Morgan fingerprint density at radius 3 is 1.55 bits per heavy atom. The lowest BCUT2D eigenvalue weighted by Crippen LogP contribution is -2.26. The highest BCUT2D eigenvalue weighted by molar-refractivity contribution is 7.26. The second kappa shape index (κ2) is 19.8. The standard InChI is InChI=1S/C83H74N2OS/c1-80(2,3)56-39-53(40-57(46-56)81(4,5)6)52-35-38-71-66(43-52)76-63-37-36-60(84-67-32-22-19-29-61(67)62-30-20-23-33-68(62)84)48-69(63)85(70-44-55(45-72(86-71)78(70)76)54-41-58(82(7,8)9)47-59(42-54)83(10,11)12)79-65(50-25-15-13-16-26-50)49-74-77(64-31-21-24-34-73(64)87-74)75(79)51-27-17-14-18-28-51/h13-49,76H,1-12H3/i19D,20D,22D,23D,29D,30D,32D,33D. The molecule has 4 heterocycles. The highest BCUT2D eigenvalue weighted by Crippen LogP contribution is 2.63. The summed E-state index contributed by atoms with van der Waals surface area (Å²) in [5.74, 6) is 0.968. The number of hydrogen-bond acceptors (Lipinski definition) is 3. The highest BCUT2D eigenvalue weighted by Gasteiger charge is 2.42. The first-order chi connectivity index (χ1) is 45.0. The molecule has 0 amide bonds. The lowest BCUT2D eigenvalue weighted by Gasteiger charge is -2.43.